The van der Waals surface area contributed by atoms with E-state index in [2.05, 4.69) is 11.0 Å². The molecule has 6 heteroatoms. The molecule has 30 heavy (non-hydrogen) atoms. The van der Waals surface area contributed by atoms with Crippen molar-refractivity contribution in [1.29, 1.82) is 5.26 Å². The Morgan fingerprint density at radius 2 is 1.83 bits per heavy atom. The van der Waals surface area contributed by atoms with Crippen LogP contribution in [0.15, 0.2) is 24.3 Å². The SMILES string of the molecule is N#Cc1ccc(C(=O)N2CCC(N3CC(OCC4CC4)C34CCOCC4)CC2)cc1. The predicted molar refractivity (Wildman–Crippen MR) is 112 cm³/mol. The molecule has 5 rings (SSSR count). The van der Waals surface area contributed by atoms with Crippen LogP contribution >= 0.6 is 0 Å². The van der Waals surface area contributed by atoms with Gasteiger partial charge in [-0.15, -0.1) is 0 Å². The van der Waals surface area contributed by atoms with Crippen LogP contribution in [0.3, 0.4) is 0 Å². The number of carbonyl (C=O) groups excluding carboxylic acids is 1. The van der Waals surface area contributed by atoms with Gasteiger partial charge >= 0.3 is 0 Å². The third-order valence-corrected chi connectivity index (χ3v) is 7.58. The maximum atomic E-state index is 12.9. The van der Waals surface area contributed by atoms with E-state index in [-0.39, 0.29) is 11.4 Å². The van der Waals surface area contributed by atoms with Gasteiger partial charge in [-0.3, -0.25) is 9.69 Å². The highest BCUT2D eigenvalue weighted by Gasteiger charge is 2.57. The molecule has 1 saturated carbocycles. The summed E-state index contributed by atoms with van der Waals surface area (Å²) >= 11 is 0. The minimum Gasteiger partial charge on any atom is -0.381 e. The number of likely N-dealkylation sites (tertiary alicyclic amines) is 2. The van der Waals surface area contributed by atoms with E-state index < -0.39 is 0 Å². The van der Waals surface area contributed by atoms with Crippen molar-refractivity contribution in [1.82, 2.24) is 9.80 Å². The second kappa shape index (κ2) is 8.30. The molecule has 1 spiro atoms. The lowest BCUT2D eigenvalue weighted by Crippen LogP contribution is -2.76. The Kier molecular flexibility index (Phi) is 5.53. The monoisotopic (exact) mass is 409 g/mol. The number of nitrogens with zero attached hydrogens (tertiary/aromatic N) is 3. The number of carbonyl (C=O) groups is 1. The molecule has 1 atom stereocenters. The second-order valence-corrected chi connectivity index (χ2v) is 9.35. The molecule has 1 aromatic rings. The van der Waals surface area contributed by atoms with Gasteiger partial charge in [-0.25, -0.2) is 0 Å². The van der Waals surface area contributed by atoms with Crippen LogP contribution < -0.4 is 0 Å². The maximum Gasteiger partial charge on any atom is 0.253 e. The van der Waals surface area contributed by atoms with E-state index in [4.69, 9.17) is 14.7 Å². The molecular weight excluding hydrogens is 378 g/mol. The Morgan fingerprint density at radius 1 is 1.13 bits per heavy atom. The van der Waals surface area contributed by atoms with E-state index in [0.29, 0.717) is 23.3 Å². The first-order chi connectivity index (χ1) is 14.7. The van der Waals surface area contributed by atoms with Gasteiger partial charge in [0.2, 0.25) is 0 Å². The van der Waals surface area contributed by atoms with Crippen LogP contribution in [0.4, 0.5) is 0 Å². The average Bonchev–Trinajstić information content (AvgIpc) is 3.63. The number of benzene rings is 1. The normalized spacial score (nSPS) is 26.9. The molecule has 0 bridgehead atoms. The second-order valence-electron chi connectivity index (χ2n) is 9.35. The topological polar surface area (TPSA) is 65.8 Å². The molecule has 3 heterocycles. The summed E-state index contributed by atoms with van der Waals surface area (Å²) in [7, 11) is 0. The number of hydrogen-bond acceptors (Lipinski definition) is 5. The summed E-state index contributed by atoms with van der Waals surface area (Å²) in [5.41, 5.74) is 1.41. The molecule has 1 unspecified atom stereocenters. The van der Waals surface area contributed by atoms with Gasteiger partial charge in [0.05, 0.1) is 23.3 Å². The van der Waals surface area contributed by atoms with E-state index in [1.807, 2.05) is 4.90 Å². The largest absolute Gasteiger partial charge is 0.381 e. The van der Waals surface area contributed by atoms with Gasteiger partial charge in [-0.2, -0.15) is 5.26 Å². The first-order valence-corrected chi connectivity index (χ1v) is 11.5. The Bertz CT molecular complexity index is 800. The summed E-state index contributed by atoms with van der Waals surface area (Å²) in [5.74, 6) is 0.875. The van der Waals surface area contributed by atoms with Gasteiger partial charge in [0.1, 0.15) is 0 Å². The first kappa shape index (κ1) is 20.0. The van der Waals surface area contributed by atoms with Gasteiger partial charge in [0.15, 0.2) is 0 Å². The zero-order chi connectivity index (χ0) is 20.6. The van der Waals surface area contributed by atoms with Crippen molar-refractivity contribution in [3.05, 3.63) is 35.4 Å². The molecule has 6 nitrogen and oxygen atoms in total. The summed E-state index contributed by atoms with van der Waals surface area (Å²) in [6.07, 6.45) is 7.16. The zero-order valence-electron chi connectivity index (χ0n) is 17.6. The summed E-state index contributed by atoms with van der Waals surface area (Å²) in [6, 6.07) is 9.59. The van der Waals surface area contributed by atoms with Crippen molar-refractivity contribution >= 4 is 5.91 Å². The quantitative estimate of drug-likeness (QED) is 0.748. The summed E-state index contributed by atoms with van der Waals surface area (Å²) in [6.45, 7) is 5.20. The van der Waals surface area contributed by atoms with Crippen LogP contribution in [0.1, 0.15) is 54.4 Å². The molecule has 4 aliphatic rings. The molecule has 0 N–H and O–H groups in total. The third kappa shape index (κ3) is 3.75. The summed E-state index contributed by atoms with van der Waals surface area (Å²) in [5, 5.41) is 8.95. The van der Waals surface area contributed by atoms with Crippen LogP contribution in [0.25, 0.3) is 0 Å². The van der Waals surface area contributed by atoms with E-state index in [0.717, 1.165) is 71.1 Å². The average molecular weight is 410 g/mol. The van der Waals surface area contributed by atoms with Gasteiger partial charge in [-0.05, 0) is 68.7 Å². The van der Waals surface area contributed by atoms with Crippen LogP contribution in [-0.4, -0.2) is 72.8 Å². The van der Waals surface area contributed by atoms with E-state index in [1.54, 1.807) is 24.3 Å². The van der Waals surface area contributed by atoms with Crippen molar-refractivity contribution in [2.75, 3.05) is 39.5 Å². The molecule has 3 saturated heterocycles. The lowest BCUT2D eigenvalue weighted by atomic mass is 9.73. The standard InChI is InChI=1S/C24H31N3O3/c25-15-18-3-5-20(6-4-18)23(28)26-11-7-21(8-12-26)27-16-22(30-17-19-1-2-19)24(27)9-13-29-14-10-24/h3-6,19,21-22H,1-2,7-14,16-17H2. The molecular formula is C24H31N3O3. The van der Waals surface area contributed by atoms with E-state index >= 15 is 0 Å². The Hall–Kier alpha value is -1.94. The number of rotatable bonds is 5. The highest BCUT2D eigenvalue weighted by Crippen LogP contribution is 2.45. The molecule has 0 radical (unpaired) electrons. The number of piperidine rings is 1. The lowest BCUT2D eigenvalue weighted by Gasteiger charge is -2.63. The third-order valence-electron chi connectivity index (χ3n) is 7.58. The number of amides is 1. The Balaban J connectivity index is 1.19. The van der Waals surface area contributed by atoms with Gasteiger partial charge in [-0.1, -0.05) is 0 Å². The Morgan fingerprint density at radius 3 is 2.47 bits per heavy atom. The minimum absolute atomic E-state index is 0.0768. The van der Waals surface area contributed by atoms with Crippen molar-refractivity contribution < 1.29 is 14.3 Å². The first-order valence-electron chi connectivity index (χ1n) is 11.5. The number of nitriles is 1. The molecule has 160 valence electrons. The van der Waals surface area contributed by atoms with Crippen LogP contribution in [0.2, 0.25) is 0 Å². The smallest absolute Gasteiger partial charge is 0.253 e. The number of ether oxygens (including phenoxy) is 2. The van der Waals surface area contributed by atoms with Crippen LogP contribution in [0.5, 0.6) is 0 Å². The van der Waals surface area contributed by atoms with Crippen LogP contribution in [-0.2, 0) is 9.47 Å². The summed E-state index contributed by atoms with van der Waals surface area (Å²) < 4.78 is 12.0. The van der Waals surface area contributed by atoms with Gasteiger partial charge in [0.25, 0.3) is 5.91 Å². The fraction of sp³-hybridized carbons (Fsp3) is 0.667. The van der Waals surface area contributed by atoms with Crippen LogP contribution in [0, 0.1) is 17.2 Å². The summed E-state index contributed by atoms with van der Waals surface area (Å²) in [4.78, 5) is 17.5. The molecule has 0 aromatic heterocycles. The maximum absolute atomic E-state index is 12.9. The molecule has 1 aliphatic carbocycles. The highest BCUT2D eigenvalue weighted by molar-refractivity contribution is 5.94. The van der Waals surface area contributed by atoms with Gasteiger partial charge in [0, 0.05) is 51.1 Å². The minimum atomic E-state index is 0.0768. The zero-order valence-corrected chi connectivity index (χ0v) is 17.6. The molecule has 1 aromatic carbocycles. The Labute approximate surface area is 178 Å². The molecule has 3 aliphatic heterocycles. The number of hydrogen-bond donors (Lipinski definition) is 0. The predicted octanol–water partition coefficient (Wildman–Crippen LogP) is 2.82. The highest BCUT2D eigenvalue weighted by atomic mass is 16.5. The molecule has 1 amide bonds. The van der Waals surface area contributed by atoms with Gasteiger partial charge < -0.3 is 14.4 Å². The van der Waals surface area contributed by atoms with E-state index in [9.17, 15) is 4.79 Å². The lowest BCUT2D eigenvalue weighted by molar-refractivity contribution is -0.217. The van der Waals surface area contributed by atoms with E-state index in [1.165, 1.54) is 12.8 Å². The fourth-order valence-corrected chi connectivity index (χ4v) is 5.44. The molecule has 4 fully saturated rings. The van der Waals surface area contributed by atoms with Crippen molar-refractivity contribution in [3.8, 4) is 6.07 Å². The van der Waals surface area contributed by atoms with Crippen molar-refractivity contribution in [2.24, 2.45) is 5.92 Å². The fourth-order valence-electron chi connectivity index (χ4n) is 5.44. The van der Waals surface area contributed by atoms with Crippen molar-refractivity contribution in [3.63, 3.8) is 0 Å². The van der Waals surface area contributed by atoms with Crippen molar-refractivity contribution in [2.45, 2.75) is 56.2 Å².